The van der Waals surface area contributed by atoms with Crippen LogP contribution in [0.2, 0.25) is 0 Å². The summed E-state index contributed by atoms with van der Waals surface area (Å²) in [4.78, 5) is 2.14. The van der Waals surface area contributed by atoms with E-state index in [2.05, 4.69) is 17.0 Å². The largest absolute Gasteiger partial charge is 0.298 e. The summed E-state index contributed by atoms with van der Waals surface area (Å²) in [5.41, 5.74) is 1.22. The van der Waals surface area contributed by atoms with Crippen molar-refractivity contribution in [3.8, 4) is 0 Å². The molecule has 0 saturated heterocycles. The Hall–Kier alpha value is -0.870. The maximum atomic E-state index is 11.1. The third-order valence-electron chi connectivity index (χ3n) is 2.47. The summed E-state index contributed by atoms with van der Waals surface area (Å²) >= 11 is 0. The van der Waals surface area contributed by atoms with Gasteiger partial charge >= 0.3 is 0 Å². The zero-order valence-corrected chi connectivity index (χ0v) is 10.7. The van der Waals surface area contributed by atoms with E-state index in [4.69, 9.17) is 0 Å². The number of hydrogen-bond acceptors (Lipinski definition) is 3. The number of rotatable bonds is 6. The Morgan fingerprint density at radius 3 is 2.31 bits per heavy atom. The molecule has 1 rings (SSSR count). The fourth-order valence-corrected chi connectivity index (χ4v) is 2.08. The monoisotopic (exact) mass is 241 g/mol. The van der Waals surface area contributed by atoms with E-state index in [1.165, 1.54) is 11.8 Å². The first-order valence-corrected chi connectivity index (χ1v) is 7.51. The molecule has 0 aliphatic rings. The van der Waals surface area contributed by atoms with E-state index < -0.39 is 9.84 Å². The average molecular weight is 241 g/mol. The van der Waals surface area contributed by atoms with E-state index in [9.17, 15) is 8.42 Å². The Bertz CT molecular complexity index is 400. The topological polar surface area (TPSA) is 37.4 Å². The molecule has 0 amide bonds. The molecule has 0 N–H and O–H groups in total. The van der Waals surface area contributed by atoms with Gasteiger partial charge in [-0.25, -0.2) is 8.42 Å². The molecule has 0 heterocycles. The summed E-state index contributed by atoms with van der Waals surface area (Å²) in [5.74, 6) is 0.230. The Labute approximate surface area is 98.0 Å². The second-order valence-corrected chi connectivity index (χ2v) is 6.24. The molecule has 1 aromatic rings. The van der Waals surface area contributed by atoms with Gasteiger partial charge in [0.25, 0.3) is 0 Å². The minimum Gasteiger partial charge on any atom is -0.298 e. The molecular formula is C12H19NO2S. The maximum Gasteiger partial charge on any atom is 0.148 e. The van der Waals surface area contributed by atoms with E-state index in [0.717, 1.165) is 13.1 Å². The van der Waals surface area contributed by atoms with Crippen LogP contribution in [-0.2, 0) is 16.4 Å². The molecule has 0 atom stereocenters. The number of sulfone groups is 1. The van der Waals surface area contributed by atoms with Gasteiger partial charge in [-0.1, -0.05) is 37.3 Å². The van der Waals surface area contributed by atoms with Gasteiger partial charge in [0.05, 0.1) is 5.75 Å². The van der Waals surface area contributed by atoms with E-state index in [1.807, 2.05) is 25.1 Å². The Morgan fingerprint density at radius 2 is 1.81 bits per heavy atom. The van der Waals surface area contributed by atoms with Gasteiger partial charge in [-0.05, 0) is 12.1 Å². The SMILES string of the molecule is CCN(CCS(C)(=O)=O)Cc1ccccc1. The van der Waals surface area contributed by atoms with Crippen molar-refractivity contribution in [2.24, 2.45) is 0 Å². The molecule has 4 heteroatoms. The van der Waals surface area contributed by atoms with Crippen molar-refractivity contribution in [3.05, 3.63) is 35.9 Å². The highest BCUT2D eigenvalue weighted by Gasteiger charge is 2.07. The molecule has 0 radical (unpaired) electrons. The highest BCUT2D eigenvalue weighted by Crippen LogP contribution is 2.04. The summed E-state index contributed by atoms with van der Waals surface area (Å²) in [6.07, 6.45) is 1.28. The molecule has 0 bridgehead atoms. The average Bonchev–Trinajstić information content (AvgIpc) is 2.24. The van der Waals surface area contributed by atoms with Crippen LogP contribution >= 0.6 is 0 Å². The predicted molar refractivity (Wildman–Crippen MR) is 67.1 cm³/mol. The van der Waals surface area contributed by atoms with Gasteiger partial charge in [0.15, 0.2) is 0 Å². The highest BCUT2D eigenvalue weighted by atomic mass is 32.2. The second-order valence-electron chi connectivity index (χ2n) is 3.98. The Morgan fingerprint density at radius 1 is 1.19 bits per heavy atom. The van der Waals surface area contributed by atoms with Gasteiger partial charge in [0.1, 0.15) is 9.84 Å². The van der Waals surface area contributed by atoms with Crippen LogP contribution in [-0.4, -0.2) is 38.4 Å². The molecule has 3 nitrogen and oxygen atoms in total. The highest BCUT2D eigenvalue weighted by molar-refractivity contribution is 7.90. The molecule has 0 unspecified atom stereocenters. The summed E-state index contributed by atoms with van der Waals surface area (Å²) < 4.78 is 22.2. The van der Waals surface area contributed by atoms with Crippen molar-refractivity contribution in [1.82, 2.24) is 4.90 Å². The molecule has 0 aliphatic heterocycles. The summed E-state index contributed by atoms with van der Waals surface area (Å²) in [6.45, 7) is 4.33. The molecule has 16 heavy (non-hydrogen) atoms. The number of nitrogens with zero attached hydrogens (tertiary/aromatic N) is 1. The third kappa shape index (κ3) is 5.28. The van der Waals surface area contributed by atoms with Gasteiger partial charge < -0.3 is 0 Å². The normalized spacial score (nSPS) is 11.9. The van der Waals surface area contributed by atoms with Crippen molar-refractivity contribution in [1.29, 1.82) is 0 Å². The fourth-order valence-electron chi connectivity index (χ4n) is 1.49. The van der Waals surface area contributed by atoms with E-state index >= 15 is 0 Å². The Kier molecular flexibility index (Phi) is 4.96. The van der Waals surface area contributed by atoms with Gasteiger partial charge in [-0.3, -0.25) is 4.90 Å². The lowest BCUT2D eigenvalue weighted by Crippen LogP contribution is -2.28. The third-order valence-corrected chi connectivity index (χ3v) is 3.40. The standard InChI is InChI=1S/C12H19NO2S/c1-3-13(9-10-16(2,14)15)11-12-7-5-4-6-8-12/h4-8H,3,9-11H2,1-2H3. The van der Waals surface area contributed by atoms with Crippen LogP contribution in [0.1, 0.15) is 12.5 Å². The fraction of sp³-hybridized carbons (Fsp3) is 0.500. The van der Waals surface area contributed by atoms with Crippen molar-refractivity contribution in [2.45, 2.75) is 13.5 Å². The van der Waals surface area contributed by atoms with Crippen molar-refractivity contribution >= 4 is 9.84 Å². The van der Waals surface area contributed by atoms with Crippen molar-refractivity contribution < 1.29 is 8.42 Å². The minimum atomic E-state index is -2.86. The molecule has 1 aromatic carbocycles. The maximum absolute atomic E-state index is 11.1. The van der Waals surface area contributed by atoms with Crippen molar-refractivity contribution in [2.75, 3.05) is 25.1 Å². The van der Waals surface area contributed by atoms with Gasteiger partial charge in [-0.15, -0.1) is 0 Å². The van der Waals surface area contributed by atoms with Gasteiger partial charge in [-0.2, -0.15) is 0 Å². The molecule has 0 aromatic heterocycles. The van der Waals surface area contributed by atoms with Crippen LogP contribution in [0.5, 0.6) is 0 Å². The summed E-state index contributed by atoms with van der Waals surface area (Å²) in [5, 5.41) is 0. The number of benzene rings is 1. The quantitative estimate of drug-likeness (QED) is 0.758. The van der Waals surface area contributed by atoms with E-state index in [-0.39, 0.29) is 5.75 Å². The first-order chi connectivity index (χ1) is 7.51. The van der Waals surface area contributed by atoms with Crippen LogP contribution < -0.4 is 0 Å². The van der Waals surface area contributed by atoms with Gasteiger partial charge in [0.2, 0.25) is 0 Å². The lowest BCUT2D eigenvalue weighted by molar-refractivity contribution is 0.297. The number of hydrogen-bond donors (Lipinski definition) is 0. The van der Waals surface area contributed by atoms with Crippen LogP contribution in [0.15, 0.2) is 30.3 Å². The second kappa shape index (κ2) is 6.01. The zero-order chi connectivity index (χ0) is 12.0. The summed E-state index contributed by atoms with van der Waals surface area (Å²) in [6, 6.07) is 10.1. The van der Waals surface area contributed by atoms with E-state index in [0.29, 0.717) is 6.54 Å². The lowest BCUT2D eigenvalue weighted by atomic mass is 10.2. The van der Waals surface area contributed by atoms with Crippen LogP contribution in [0.3, 0.4) is 0 Å². The lowest BCUT2D eigenvalue weighted by Gasteiger charge is -2.19. The zero-order valence-electron chi connectivity index (χ0n) is 9.89. The predicted octanol–water partition coefficient (Wildman–Crippen LogP) is 1.55. The molecule has 90 valence electrons. The molecular weight excluding hydrogens is 222 g/mol. The van der Waals surface area contributed by atoms with Crippen LogP contribution in [0.4, 0.5) is 0 Å². The van der Waals surface area contributed by atoms with Crippen LogP contribution in [0.25, 0.3) is 0 Å². The smallest absolute Gasteiger partial charge is 0.148 e. The first-order valence-electron chi connectivity index (χ1n) is 5.45. The first kappa shape index (κ1) is 13.2. The molecule has 0 aliphatic carbocycles. The molecule has 0 spiro atoms. The molecule has 0 fully saturated rings. The Balaban J connectivity index is 2.50. The molecule has 0 saturated carbocycles. The van der Waals surface area contributed by atoms with Gasteiger partial charge in [0, 0.05) is 19.3 Å². The van der Waals surface area contributed by atoms with Crippen molar-refractivity contribution in [3.63, 3.8) is 0 Å². The summed E-state index contributed by atoms with van der Waals surface area (Å²) in [7, 11) is -2.86. The van der Waals surface area contributed by atoms with Crippen LogP contribution in [0, 0.1) is 0 Å². The van der Waals surface area contributed by atoms with E-state index in [1.54, 1.807) is 0 Å². The minimum absolute atomic E-state index is 0.230.